The van der Waals surface area contributed by atoms with Gasteiger partial charge in [0.15, 0.2) is 5.78 Å². The van der Waals surface area contributed by atoms with Crippen molar-refractivity contribution >= 4 is 46.2 Å². The Morgan fingerprint density at radius 3 is 1.20 bits per heavy atom. The van der Waals surface area contributed by atoms with E-state index in [0.29, 0.717) is 22.6 Å². The standard InChI is InChI=1S/C33H29N3O5/c1-22(34-40-24(3)37)26-10-16-30(17-11-26)36(31-18-12-27(13-19-31)23(2)35-41-25(4)38)32-20-14-29(15-21-32)33(39)28-8-6-5-7-9-28/h5-21H,1-4H3/b34-22+,35-23?. The van der Waals surface area contributed by atoms with Crippen molar-refractivity contribution in [2.24, 2.45) is 10.3 Å². The van der Waals surface area contributed by atoms with Gasteiger partial charge in [-0.05, 0) is 73.5 Å². The number of oxime groups is 2. The highest BCUT2D eigenvalue weighted by Gasteiger charge is 2.15. The van der Waals surface area contributed by atoms with Crippen LogP contribution in [-0.2, 0) is 19.3 Å². The lowest BCUT2D eigenvalue weighted by atomic mass is 10.0. The fourth-order valence-corrected chi connectivity index (χ4v) is 4.04. The molecule has 0 atom stereocenters. The van der Waals surface area contributed by atoms with Crippen molar-refractivity contribution in [1.29, 1.82) is 0 Å². The normalized spacial score (nSPS) is 11.5. The van der Waals surface area contributed by atoms with E-state index < -0.39 is 11.9 Å². The summed E-state index contributed by atoms with van der Waals surface area (Å²) in [6.07, 6.45) is 0. The average Bonchev–Trinajstić information content (AvgIpc) is 3.00. The second kappa shape index (κ2) is 13.1. The molecule has 4 rings (SSSR count). The number of rotatable bonds is 9. The summed E-state index contributed by atoms with van der Waals surface area (Å²) in [5, 5.41) is 7.73. The van der Waals surface area contributed by atoms with Crippen LogP contribution >= 0.6 is 0 Å². The highest BCUT2D eigenvalue weighted by Crippen LogP contribution is 2.35. The number of carbonyl (C=O) groups is 3. The van der Waals surface area contributed by atoms with Gasteiger partial charge in [0, 0.05) is 42.0 Å². The molecule has 0 spiro atoms. The van der Waals surface area contributed by atoms with E-state index in [1.165, 1.54) is 13.8 Å². The van der Waals surface area contributed by atoms with Gasteiger partial charge >= 0.3 is 11.9 Å². The van der Waals surface area contributed by atoms with E-state index in [0.717, 1.165) is 28.2 Å². The first-order valence-corrected chi connectivity index (χ1v) is 12.9. The molecule has 0 bridgehead atoms. The highest BCUT2D eigenvalue weighted by atomic mass is 16.7. The third-order valence-corrected chi connectivity index (χ3v) is 6.13. The minimum Gasteiger partial charge on any atom is -0.318 e. The summed E-state index contributed by atoms with van der Waals surface area (Å²) in [5.74, 6) is -1.03. The Labute approximate surface area is 238 Å². The summed E-state index contributed by atoms with van der Waals surface area (Å²) < 4.78 is 0. The van der Waals surface area contributed by atoms with Crippen molar-refractivity contribution in [3.63, 3.8) is 0 Å². The van der Waals surface area contributed by atoms with Gasteiger partial charge in [-0.25, -0.2) is 9.59 Å². The summed E-state index contributed by atoms with van der Waals surface area (Å²) in [4.78, 5) is 46.8. The molecule has 0 unspecified atom stereocenters. The zero-order chi connectivity index (χ0) is 29.4. The zero-order valence-electron chi connectivity index (χ0n) is 23.2. The fraction of sp³-hybridized carbons (Fsp3) is 0.121. The van der Waals surface area contributed by atoms with E-state index in [2.05, 4.69) is 10.3 Å². The smallest absolute Gasteiger partial charge is 0.318 e. The molecule has 0 radical (unpaired) electrons. The maximum Gasteiger partial charge on any atom is 0.331 e. The Bertz CT molecular complexity index is 1520. The van der Waals surface area contributed by atoms with Crippen molar-refractivity contribution in [1.82, 2.24) is 0 Å². The minimum absolute atomic E-state index is 0.0532. The number of hydrogen-bond donors (Lipinski definition) is 0. The lowest BCUT2D eigenvalue weighted by molar-refractivity contribution is -0.141. The molecule has 8 heteroatoms. The first-order chi connectivity index (χ1) is 19.7. The van der Waals surface area contributed by atoms with Crippen LogP contribution in [0.1, 0.15) is 54.7 Å². The third-order valence-electron chi connectivity index (χ3n) is 6.13. The number of hydrogen-bond acceptors (Lipinski definition) is 8. The lowest BCUT2D eigenvalue weighted by Gasteiger charge is -2.26. The van der Waals surface area contributed by atoms with Crippen molar-refractivity contribution in [2.75, 3.05) is 4.90 Å². The quantitative estimate of drug-likeness (QED) is 0.0972. The Morgan fingerprint density at radius 2 is 0.829 bits per heavy atom. The molecule has 0 aliphatic heterocycles. The van der Waals surface area contributed by atoms with Gasteiger partial charge in [0.25, 0.3) is 0 Å². The number of benzene rings is 4. The summed E-state index contributed by atoms with van der Waals surface area (Å²) in [5.41, 5.74) is 6.48. The molecule has 0 heterocycles. The highest BCUT2D eigenvalue weighted by molar-refractivity contribution is 6.09. The molecule has 0 amide bonds. The first-order valence-electron chi connectivity index (χ1n) is 12.9. The Hall–Kier alpha value is -5.37. The first kappa shape index (κ1) is 28.6. The van der Waals surface area contributed by atoms with E-state index in [1.807, 2.05) is 95.9 Å². The van der Waals surface area contributed by atoms with Gasteiger partial charge in [-0.3, -0.25) is 4.79 Å². The Morgan fingerprint density at radius 1 is 0.488 bits per heavy atom. The molecule has 206 valence electrons. The average molecular weight is 548 g/mol. The van der Waals surface area contributed by atoms with Crippen LogP contribution in [0.15, 0.2) is 113 Å². The summed E-state index contributed by atoms with van der Waals surface area (Å²) in [7, 11) is 0. The number of anilines is 3. The van der Waals surface area contributed by atoms with Crippen LogP contribution in [0.4, 0.5) is 17.1 Å². The van der Waals surface area contributed by atoms with Gasteiger partial charge in [-0.2, -0.15) is 0 Å². The van der Waals surface area contributed by atoms with Crippen LogP contribution in [0, 0.1) is 0 Å². The fourth-order valence-electron chi connectivity index (χ4n) is 4.04. The molecule has 4 aromatic carbocycles. The van der Waals surface area contributed by atoms with Gasteiger partial charge in [-0.15, -0.1) is 0 Å². The van der Waals surface area contributed by atoms with Crippen LogP contribution in [0.25, 0.3) is 0 Å². The Balaban J connectivity index is 1.70. The van der Waals surface area contributed by atoms with E-state index in [-0.39, 0.29) is 5.78 Å². The van der Waals surface area contributed by atoms with Crippen LogP contribution in [0.2, 0.25) is 0 Å². The SMILES string of the molecule is CC(=O)ON=C(C)c1ccc(N(c2ccc(C(=O)c3ccccc3)cc2)c2ccc(/C(C)=N/OC(C)=O)cc2)cc1. The molecule has 4 aromatic rings. The summed E-state index contributed by atoms with van der Waals surface area (Å²) >= 11 is 0. The molecular formula is C33H29N3O5. The second-order valence-electron chi connectivity index (χ2n) is 9.19. The number of nitrogens with zero attached hydrogens (tertiary/aromatic N) is 3. The van der Waals surface area contributed by atoms with Crippen molar-refractivity contribution in [3.8, 4) is 0 Å². The minimum atomic E-state index is -0.488. The van der Waals surface area contributed by atoms with E-state index in [4.69, 9.17) is 9.68 Å². The van der Waals surface area contributed by atoms with Crippen LogP contribution in [0.3, 0.4) is 0 Å². The lowest BCUT2D eigenvalue weighted by Crippen LogP contribution is -2.11. The zero-order valence-corrected chi connectivity index (χ0v) is 23.2. The molecule has 0 saturated carbocycles. The third kappa shape index (κ3) is 7.39. The Kier molecular flexibility index (Phi) is 9.16. The van der Waals surface area contributed by atoms with E-state index in [9.17, 15) is 14.4 Å². The second-order valence-corrected chi connectivity index (χ2v) is 9.19. The molecule has 0 fully saturated rings. The van der Waals surface area contributed by atoms with Gasteiger partial charge in [0.05, 0.1) is 11.4 Å². The molecule has 0 aliphatic carbocycles. The maximum absolute atomic E-state index is 13.0. The van der Waals surface area contributed by atoms with E-state index in [1.54, 1.807) is 26.0 Å². The molecule has 41 heavy (non-hydrogen) atoms. The maximum atomic E-state index is 13.0. The predicted octanol–water partition coefficient (Wildman–Crippen LogP) is 6.96. The molecule has 0 N–H and O–H groups in total. The number of ketones is 1. The van der Waals surface area contributed by atoms with Gasteiger partial charge in [0.1, 0.15) is 0 Å². The molecular weight excluding hydrogens is 518 g/mol. The number of carbonyl (C=O) groups excluding carboxylic acids is 3. The van der Waals surface area contributed by atoms with Crippen molar-refractivity contribution in [3.05, 3.63) is 125 Å². The molecule has 0 saturated heterocycles. The van der Waals surface area contributed by atoms with Gasteiger partial charge in [-0.1, -0.05) is 64.9 Å². The molecule has 8 nitrogen and oxygen atoms in total. The van der Waals surface area contributed by atoms with Crippen molar-refractivity contribution in [2.45, 2.75) is 27.7 Å². The van der Waals surface area contributed by atoms with Gasteiger partial charge < -0.3 is 14.6 Å². The monoisotopic (exact) mass is 547 g/mol. The largest absolute Gasteiger partial charge is 0.331 e. The summed E-state index contributed by atoms with van der Waals surface area (Å²) in [6, 6.07) is 31.9. The van der Waals surface area contributed by atoms with Crippen LogP contribution in [-0.4, -0.2) is 29.1 Å². The van der Waals surface area contributed by atoms with Crippen LogP contribution < -0.4 is 4.90 Å². The summed E-state index contributed by atoms with van der Waals surface area (Å²) in [6.45, 7) is 6.12. The topological polar surface area (TPSA) is 97.6 Å². The predicted molar refractivity (Wildman–Crippen MR) is 159 cm³/mol. The van der Waals surface area contributed by atoms with Crippen molar-refractivity contribution < 1.29 is 24.1 Å². The van der Waals surface area contributed by atoms with E-state index >= 15 is 0 Å². The molecule has 0 aromatic heterocycles. The van der Waals surface area contributed by atoms with Gasteiger partial charge in [0.2, 0.25) is 0 Å². The molecule has 0 aliphatic rings. The van der Waals surface area contributed by atoms with Crippen LogP contribution in [0.5, 0.6) is 0 Å².